The lowest BCUT2D eigenvalue weighted by molar-refractivity contribution is -0.142. The molecule has 1 aliphatic heterocycles. The van der Waals surface area contributed by atoms with Crippen LogP contribution in [0, 0.1) is 11.3 Å². The standard InChI is InChI=1S/C12H11ClN2O3/c13-9-5-8(6-14)1-2-10(9)15-12(11(16)17)3-4-18-7-12/h1-2,5,15H,3-4,7H2,(H,16,17). The average molecular weight is 267 g/mol. The smallest absolute Gasteiger partial charge is 0.331 e. The third-order valence-electron chi connectivity index (χ3n) is 2.90. The van der Waals surface area contributed by atoms with E-state index in [0.29, 0.717) is 29.3 Å². The van der Waals surface area contributed by atoms with Crippen molar-refractivity contribution in [2.24, 2.45) is 0 Å². The van der Waals surface area contributed by atoms with E-state index in [4.69, 9.17) is 21.6 Å². The maximum absolute atomic E-state index is 11.3. The van der Waals surface area contributed by atoms with E-state index in [9.17, 15) is 9.90 Å². The predicted octanol–water partition coefficient (Wildman–Crippen LogP) is 1.87. The topological polar surface area (TPSA) is 82.4 Å². The summed E-state index contributed by atoms with van der Waals surface area (Å²) in [4.78, 5) is 11.3. The van der Waals surface area contributed by atoms with Crippen LogP contribution in [0.1, 0.15) is 12.0 Å². The van der Waals surface area contributed by atoms with Gasteiger partial charge >= 0.3 is 5.97 Å². The molecule has 0 aliphatic carbocycles. The third kappa shape index (κ3) is 2.26. The Kier molecular flexibility index (Phi) is 3.41. The first kappa shape index (κ1) is 12.7. The molecule has 0 radical (unpaired) electrons. The van der Waals surface area contributed by atoms with Crippen LogP contribution >= 0.6 is 11.6 Å². The number of halogens is 1. The van der Waals surface area contributed by atoms with Crippen LogP contribution in [0.3, 0.4) is 0 Å². The van der Waals surface area contributed by atoms with Crippen LogP contribution < -0.4 is 5.32 Å². The number of rotatable bonds is 3. The zero-order valence-corrected chi connectivity index (χ0v) is 10.2. The number of aliphatic carboxylic acids is 1. The maximum atomic E-state index is 11.3. The number of benzene rings is 1. The van der Waals surface area contributed by atoms with Crippen molar-refractivity contribution in [2.75, 3.05) is 18.5 Å². The summed E-state index contributed by atoms with van der Waals surface area (Å²) < 4.78 is 5.14. The molecule has 0 saturated carbocycles. The Morgan fingerprint density at radius 3 is 2.89 bits per heavy atom. The highest BCUT2D eigenvalue weighted by Crippen LogP contribution is 2.30. The van der Waals surface area contributed by atoms with Crippen LogP contribution in [-0.4, -0.2) is 29.8 Å². The fourth-order valence-electron chi connectivity index (χ4n) is 1.83. The quantitative estimate of drug-likeness (QED) is 0.873. The van der Waals surface area contributed by atoms with Crippen molar-refractivity contribution in [3.63, 3.8) is 0 Å². The van der Waals surface area contributed by atoms with Gasteiger partial charge in [0, 0.05) is 13.0 Å². The summed E-state index contributed by atoms with van der Waals surface area (Å²) in [6, 6.07) is 6.65. The molecular formula is C12H11ClN2O3. The molecule has 94 valence electrons. The Morgan fingerprint density at radius 1 is 1.61 bits per heavy atom. The van der Waals surface area contributed by atoms with Crippen molar-refractivity contribution in [3.8, 4) is 6.07 Å². The number of anilines is 1. The third-order valence-corrected chi connectivity index (χ3v) is 3.22. The lowest BCUT2D eigenvalue weighted by Gasteiger charge is -2.25. The van der Waals surface area contributed by atoms with E-state index in [2.05, 4.69) is 5.32 Å². The number of ether oxygens (including phenoxy) is 1. The lowest BCUT2D eigenvalue weighted by Crippen LogP contribution is -2.47. The van der Waals surface area contributed by atoms with E-state index in [1.165, 1.54) is 6.07 Å². The van der Waals surface area contributed by atoms with Gasteiger partial charge in [0.15, 0.2) is 5.54 Å². The molecular weight excluding hydrogens is 256 g/mol. The van der Waals surface area contributed by atoms with Crippen LogP contribution in [0.4, 0.5) is 5.69 Å². The fraction of sp³-hybridized carbons (Fsp3) is 0.333. The second-order valence-electron chi connectivity index (χ2n) is 4.12. The van der Waals surface area contributed by atoms with E-state index in [1.54, 1.807) is 12.1 Å². The maximum Gasteiger partial charge on any atom is 0.331 e. The molecule has 6 heteroatoms. The minimum atomic E-state index is -1.14. The number of nitrogens with one attached hydrogen (secondary N) is 1. The lowest BCUT2D eigenvalue weighted by atomic mass is 9.98. The molecule has 1 aromatic carbocycles. The summed E-state index contributed by atoms with van der Waals surface area (Å²) in [5.41, 5.74) is -0.223. The molecule has 1 aromatic rings. The van der Waals surface area contributed by atoms with Gasteiger partial charge in [-0.3, -0.25) is 0 Å². The van der Waals surface area contributed by atoms with Crippen LogP contribution in [0.5, 0.6) is 0 Å². The number of nitrogens with zero attached hydrogens (tertiary/aromatic N) is 1. The van der Waals surface area contributed by atoms with Gasteiger partial charge in [-0.25, -0.2) is 4.79 Å². The van der Waals surface area contributed by atoms with E-state index < -0.39 is 11.5 Å². The van der Waals surface area contributed by atoms with Crippen molar-refractivity contribution >= 4 is 23.3 Å². The van der Waals surface area contributed by atoms with Gasteiger partial charge in [0.25, 0.3) is 0 Å². The highest BCUT2D eigenvalue weighted by molar-refractivity contribution is 6.33. The molecule has 1 saturated heterocycles. The van der Waals surface area contributed by atoms with E-state index in [1.807, 2.05) is 6.07 Å². The van der Waals surface area contributed by atoms with E-state index in [-0.39, 0.29) is 6.61 Å². The fourth-order valence-corrected chi connectivity index (χ4v) is 2.06. The van der Waals surface area contributed by atoms with Crippen LogP contribution in [0.25, 0.3) is 0 Å². The Hall–Kier alpha value is -1.77. The SMILES string of the molecule is N#Cc1ccc(NC2(C(=O)O)CCOC2)c(Cl)c1. The highest BCUT2D eigenvalue weighted by Gasteiger charge is 2.42. The molecule has 0 spiro atoms. The number of nitriles is 1. The van der Waals surface area contributed by atoms with Crippen LogP contribution in [-0.2, 0) is 9.53 Å². The summed E-state index contributed by atoms with van der Waals surface area (Å²) >= 11 is 6.01. The second-order valence-corrected chi connectivity index (χ2v) is 4.53. The first-order valence-corrected chi connectivity index (χ1v) is 5.74. The van der Waals surface area contributed by atoms with Crippen molar-refractivity contribution in [1.82, 2.24) is 0 Å². The Labute approximate surface area is 109 Å². The van der Waals surface area contributed by atoms with E-state index in [0.717, 1.165) is 0 Å². The first-order chi connectivity index (χ1) is 8.57. The van der Waals surface area contributed by atoms with Crippen molar-refractivity contribution in [2.45, 2.75) is 12.0 Å². The molecule has 1 atom stereocenters. The minimum Gasteiger partial charge on any atom is -0.479 e. The molecule has 2 rings (SSSR count). The van der Waals surface area contributed by atoms with Gasteiger partial charge in [0.1, 0.15) is 0 Å². The van der Waals surface area contributed by atoms with Gasteiger partial charge in [-0.15, -0.1) is 0 Å². The average Bonchev–Trinajstić information content (AvgIpc) is 2.81. The van der Waals surface area contributed by atoms with Gasteiger partial charge in [-0.2, -0.15) is 5.26 Å². The number of hydrogen-bond acceptors (Lipinski definition) is 4. The number of carbonyl (C=O) groups is 1. The number of carboxylic acid groups (broad SMARTS) is 1. The summed E-state index contributed by atoms with van der Waals surface area (Å²) in [5.74, 6) is -0.972. The highest BCUT2D eigenvalue weighted by atomic mass is 35.5. The monoisotopic (exact) mass is 266 g/mol. The van der Waals surface area contributed by atoms with Crippen molar-refractivity contribution in [1.29, 1.82) is 5.26 Å². The summed E-state index contributed by atoms with van der Waals surface area (Å²) in [6.45, 7) is 0.492. The first-order valence-electron chi connectivity index (χ1n) is 5.36. The Balaban J connectivity index is 2.28. The van der Waals surface area contributed by atoms with Gasteiger partial charge in [0.05, 0.1) is 28.9 Å². The zero-order chi connectivity index (χ0) is 13.2. The largest absolute Gasteiger partial charge is 0.479 e. The van der Waals surface area contributed by atoms with Crippen molar-refractivity contribution in [3.05, 3.63) is 28.8 Å². The summed E-state index contributed by atoms with van der Waals surface area (Å²) in [6.07, 6.45) is 0.374. The Morgan fingerprint density at radius 2 is 2.39 bits per heavy atom. The molecule has 1 unspecified atom stereocenters. The van der Waals surface area contributed by atoms with Gasteiger partial charge in [-0.05, 0) is 18.2 Å². The van der Waals surface area contributed by atoms with Crippen molar-refractivity contribution < 1.29 is 14.6 Å². The molecule has 1 fully saturated rings. The molecule has 2 N–H and O–H groups in total. The normalized spacial score (nSPS) is 22.4. The predicted molar refractivity (Wildman–Crippen MR) is 65.6 cm³/mol. The Bertz CT molecular complexity index is 519. The molecule has 18 heavy (non-hydrogen) atoms. The van der Waals surface area contributed by atoms with E-state index >= 15 is 0 Å². The molecule has 5 nitrogen and oxygen atoms in total. The second kappa shape index (κ2) is 4.84. The zero-order valence-electron chi connectivity index (χ0n) is 9.44. The summed E-state index contributed by atoms with van der Waals surface area (Å²) in [7, 11) is 0. The summed E-state index contributed by atoms with van der Waals surface area (Å²) in [5, 5.41) is 21.2. The minimum absolute atomic E-state index is 0.0959. The van der Waals surface area contributed by atoms with Gasteiger partial charge < -0.3 is 15.2 Å². The van der Waals surface area contributed by atoms with Gasteiger partial charge in [0.2, 0.25) is 0 Å². The molecule has 0 bridgehead atoms. The van der Waals surface area contributed by atoms with Gasteiger partial charge in [-0.1, -0.05) is 11.6 Å². The number of hydrogen-bond donors (Lipinski definition) is 2. The molecule has 0 amide bonds. The molecule has 0 aromatic heterocycles. The molecule has 1 heterocycles. The van der Waals surface area contributed by atoms with Crippen LogP contribution in [0.15, 0.2) is 18.2 Å². The molecule has 1 aliphatic rings. The number of carboxylic acids is 1. The van der Waals surface area contributed by atoms with Crippen LogP contribution in [0.2, 0.25) is 5.02 Å².